The normalized spacial score (nSPS) is 15.0. The Labute approximate surface area is 136 Å². The van der Waals surface area contributed by atoms with Gasteiger partial charge in [0.15, 0.2) is 15.7 Å². The fourth-order valence-electron chi connectivity index (χ4n) is 2.89. The highest BCUT2D eigenvalue weighted by molar-refractivity contribution is 7.91. The highest BCUT2D eigenvalue weighted by Crippen LogP contribution is 2.23. The Morgan fingerprint density at radius 2 is 2.00 bits per heavy atom. The molecule has 3 rings (SSSR count). The molecule has 0 amide bonds. The summed E-state index contributed by atoms with van der Waals surface area (Å²) in [6, 6.07) is 7.02. The van der Waals surface area contributed by atoms with Crippen molar-refractivity contribution in [2.24, 2.45) is 0 Å². The third kappa shape index (κ3) is 3.39. The van der Waals surface area contributed by atoms with Crippen LogP contribution in [-0.2, 0) is 29.3 Å². The summed E-state index contributed by atoms with van der Waals surface area (Å²) >= 11 is 0. The lowest BCUT2D eigenvalue weighted by molar-refractivity contribution is 0.597. The second-order valence-electron chi connectivity index (χ2n) is 5.75. The van der Waals surface area contributed by atoms with Crippen LogP contribution < -0.4 is 5.32 Å². The Balaban J connectivity index is 1.81. The molecule has 0 spiro atoms. The molecular formula is C16H22N4O2S. The molecule has 1 N–H and O–H groups in total. The summed E-state index contributed by atoms with van der Waals surface area (Å²) in [7, 11) is -3.25. The molecule has 0 atom stereocenters. The van der Waals surface area contributed by atoms with Crippen LogP contribution in [0, 0.1) is 0 Å². The van der Waals surface area contributed by atoms with Crippen molar-refractivity contribution < 1.29 is 8.42 Å². The lowest BCUT2D eigenvalue weighted by Gasteiger charge is -2.12. The number of hydrogen-bond donors (Lipinski definition) is 1. The summed E-state index contributed by atoms with van der Waals surface area (Å²) in [6.45, 7) is 3.07. The van der Waals surface area contributed by atoms with Gasteiger partial charge >= 0.3 is 0 Å². The molecule has 0 aliphatic carbocycles. The highest BCUT2D eigenvalue weighted by atomic mass is 32.2. The van der Waals surface area contributed by atoms with Crippen LogP contribution in [0.2, 0.25) is 0 Å². The second-order valence-corrected chi connectivity index (χ2v) is 7.99. The number of para-hydroxylation sites is 1. The van der Waals surface area contributed by atoms with E-state index in [1.165, 1.54) is 6.42 Å². The molecule has 124 valence electrons. The fraction of sp³-hybridized carbons (Fsp3) is 0.500. The predicted octanol–water partition coefficient (Wildman–Crippen LogP) is 2.41. The number of sulfone groups is 1. The SMILES string of the molecule is CCS(=O)(=O)c1ccccc1NCc1nnc2n1CCCCC2. The zero-order valence-electron chi connectivity index (χ0n) is 13.3. The first-order valence-corrected chi connectivity index (χ1v) is 9.73. The van der Waals surface area contributed by atoms with Crippen LogP contribution in [0.5, 0.6) is 0 Å². The monoisotopic (exact) mass is 334 g/mol. The second kappa shape index (κ2) is 6.70. The van der Waals surface area contributed by atoms with E-state index in [1.807, 2.05) is 6.07 Å². The minimum atomic E-state index is -3.25. The first kappa shape index (κ1) is 16.0. The van der Waals surface area contributed by atoms with Gasteiger partial charge in [0.25, 0.3) is 0 Å². The van der Waals surface area contributed by atoms with E-state index in [4.69, 9.17) is 0 Å². The molecule has 1 aliphatic heterocycles. The molecule has 0 fully saturated rings. The lowest BCUT2D eigenvalue weighted by Crippen LogP contribution is -2.13. The molecule has 0 bridgehead atoms. The molecule has 2 heterocycles. The van der Waals surface area contributed by atoms with Gasteiger partial charge in [-0.15, -0.1) is 10.2 Å². The number of nitrogens with one attached hydrogen (secondary N) is 1. The van der Waals surface area contributed by atoms with E-state index < -0.39 is 9.84 Å². The Kier molecular flexibility index (Phi) is 4.66. The van der Waals surface area contributed by atoms with Gasteiger partial charge in [0.05, 0.1) is 22.9 Å². The summed E-state index contributed by atoms with van der Waals surface area (Å²) in [5.41, 5.74) is 0.625. The van der Waals surface area contributed by atoms with E-state index >= 15 is 0 Å². The van der Waals surface area contributed by atoms with Crippen LogP contribution in [0.25, 0.3) is 0 Å². The van der Waals surface area contributed by atoms with Crippen LogP contribution in [0.3, 0.4) is 0 Å². The third-order valence-electron chi connectivity index (χ3n) is 4.23. The average Bonchev–Trinajstić information content (AvgIpc) is 2.79. The number of fused-ring (bicyclic) bond motifs is 1. The van der Waals surface area contributed by atoms with Gasteiger partial charge in [-0.05, 0) is 25.0 Å². The number of anilines is 1. The number of nitrogens with zero attached hydrogens (tertiary/aromatic N) is 3. The molecular weight excluding hydrogens is 312 g/mol. The van der Waals surface area contributed by atoms with Gasteiger partial charge < -0.3 is 9.88 Å². The highest BCUT2D eigenvalue weighted by Gasteiger charge is 2.18. The van der Waals surface area contributed by atoms with Gasteiger partial charge in [-0.3, -0.25) is 0 Å². The number of aromatic nitrogens is 3. The zero-order chi connectivity index (χ0) is 16.3. The molecule has 23 heavy (non-hydrogen) atoms. The molecule has 1 aromatic carbocycles. The number of hydrogen-bond acceptors (Lipinski definition) is 5. The lowest BCUT2D eigenvalue weighted by atomic mass is 10.2. The Hall–Kier alpha value is -1.89. The average molecular weight is 334 g/mol. The van der Waals surface area contributed by atoms with Crippen LogP contribution >= 0.6 is 0 Å². The largest absolute Gasteiger partial charge is 0.377 e. The summed E-state index contributed by atoms with van der Waals surface area (Å²) in [5.74, 6) is 1.99. The van der Waals surface area contributed by atoms with Crippen molar-refractivity contribution in [2.75, 3.05) is 11.1 Å². The maximum absolute atomic E-state index is 12.2. The predicted molar refractivity (Wildman–Crippen MR) is 89.1 cm³/mol. The maximum atomic E-state index is 12.2. The zero-order valence-corrected chi connectivity index (χ0v) is 14.1. The van der Waals surface area contributed by atoms with E-state index in [9.17, 15) is 8.42 Å². The molecule has 1 aliphatic rings. The quantitative estimate of drug-likeness (QED) is 0.908. The number of aryl methyl sites for hydroxylation is 1. The number of rotatable bonds is 5. The first-order valence-electron chi connectivity index (χ1n) is 8.08. The van der Waals surface area contributed by atoms with Gasteiger partial charge in [-0.25, -0.2) is 8.42 Å². The topological polar surface area (TPSA) is 76.9 Å². The third-order valence-corrected chi connectivity index (χ3v) is 6.01. The summed E-state index contributed by atoms with van der Waals surface area (Å²) in [6.07, 6.45) is 4.48. The molecule has 7 heteroatoms. The van der Waals surface area contributed by atoms with Crippen molar-refractivity contribution in [3.8, 4) is 0 Å². The molecule has 0 radical (unpaired) electrons. The molecule has 2 aromatic rings. The first-order chi connectivity index (χ1) is 11.1. The van der Waals surface area contributed by atoms with E-state index in [2.05, 4.69) is 20.1 Å². The van der Waals surface area contributed by atoms with Gasteiger partial charge in [0.1, 0.15) is 5.82 Å². The summed E-state index contributed by atoms with van der Waals surface area (Å²) in [5, 5.41) is 11.8. The van der Waals surface area contributed by atoms with E-state index in [-0.39, 0.29) is 5.75 Å². The molecule has 0 saturated carbocycles. The van der Waals surface area contributed by atoms with E-state index in [0.29, 0.717) is 17.1 Å². The standard InChI is InChI=1S/C16H22N4O2S/c1-2-23(21,22)14-9-6-5-8-13(14)17-12-16-19-18-15-10-4-3-7-11-20(15)16/h5-6,8-9,17H,2-4,7,10-12H2,1H3. The van der Waals surface area contributed by atoms with Crippen molar-refractivity contribution in [1.82, 2.24) is 14.8 Å². The van der Waals surface area contributed by atoms with Crippen molar-refractivity contribution in [3.63, 3.8) is 0 Å². The Bertz CT molecular complexity index is 783. The van der Waals surface area contributed by atoms with Crippen molar-refractivity contribution in [1.29, 1.82) is 0 Å². The van der Waals surface area contributed by atoms with Gasteiger partial charge in [0, 0.05) is 13.0 Å². The minimum absolute atomic E-state index is 0.0893. The van der Waals surface area contributed by atoms with Crippen LogP contribution in [-0.4, -0.2) is 28.9 Å². The van der Waals surface area contributed by atoms with Crippen LogP contribution in [0.1, 0.15) is 37.8 Å². The maximum Gasteiger partial charge on any atom is 0.180 e. The van der Waals surface area contributed by atoms with Crippen LogP contribution in [0.4, 0.5) is 5.69 Å². The molecule has 1 aromatic heterocycles. The van der Waals surface area contributed by atoms with Gasteiger partial charge in [-0.1, -0.05) is 25.5 Å². The van der Waals surface area contributed by atoms with E-state index in [1.54, 1.807) is 25.1 Å². The van der Waals surface area contributed by atoms with Gasteiger partial charge in [-0.2, -0.15) is 0 Å². The van der Waals surface area contributed by atoms with Crippen molar-refractivity contribution in [3.05, 3.63) is 35.9 Å². The smallest absolute Gasteiger partial charge is 0.180 e. The Morgan fingerprint density at radius 1 is 1.17 bits per heavy atom. The fourth-order valence-corrected chi connectivity index (χ4v) is 3.96. The Morgan fingerprint density at radius 3 is 2.83 bits per heavy atom. The molecule has 6 nitrogen and oxygen atoms in total. The van der Waals surface area contributed by atoms with Crippen molar-refractivity contribution >= 4 is 15.5 Å². The molecule has 0 unspecified atom stereocenters. The van der Waals surface area contributed by atoms with Crippen LogP contribution in [0.15, 0.2) is 29.2 Å². The van der Waals surface area contributed by atoms with Gasteiger partial charge in [0.2, 0.25) is 0 Å². The van der Waals surface area contributed by atoms with E-state index in [0.717, 1.165) is 37.5 Å². The number of benzene rings is 1. The summed E-state index contributed by atoms with van der Waals surface area (Å²) < 4.78 is 26.5. The van der Waals surface area contributed by atoms with Crippen molar-refractivity contribution in [2.45, 2.75) is 50.6 Å². The summed E-state index contributed by atoms with van der Waals surface area (Å²) in [4.78, 5) is 0.345. The molecule has 0 saturated heterocycles. The minimum Gasteiger partial charge on any atom is -0.377 e.